The van der Waals surface area contributed by atoms with Crippen LogP contribution in [0.2, 0.25) is 0 Å². The van der Waals surface area contributed by atoms with E-state index in [0.29, 0.717) is 12.2 Å². The van der Waals surface area contributed by atoms with E-state index in [0.717, 1.165) is 33.3 Å². The first kappa shape index (κ1) is 24.0. The first-order valence-corrected chi connectivity index (χ1v) is 13.2. The highest BCUT2D eigenvalue weighted by atomic mass is 16.3. The maximum absolute atomic E-state index is 14.2. The Hall–Kier alpha value is -5.11. The SMILES string of the molecule is Cc1ccc([C@@H]2c3[nH]c4ccccc4c3C[C@H]3C(=O)N(c4ccccc4C(=O)NCc4ccco4)C(=O)N23)cc1. The number of benzene rings is 3. The fraction of sp³-hybridized carbons (Fsp3) is 0.156. The number of H-pyrrole nitrogens is 1. The van der Waals surface area contributed by atoms with Crippen LogP contribution in [0.4, 0.5) is 10.5 Å². The molecule has 0 saturated carbocycles. The monoisotopic (exact) mass is 530 g/mol. The summed E-state index contributed by atoms with van der Waals surface area (Å²) in [6.07, 6.45) is 1.92. The number of para-hydroxylation sites is 2. The van der Waals surface area contributed by atoms with Crippen molar-refractivity contribution in [2.45, 2.75) is 32.0 Å². The number of urea groups is 1. The fourth-order valence-electron chi connectivity index (χ4n) is 5.93. The topological polar surface area (TPSA) is 98.6 Å². The molecule has 2 atom stereocenters. The molecule has 8 nitrogen and oxygen atoms in total. The first-order chi connectivity index (χ1) is 19.5. The molecule has 4 heterocycles. The Bertz CT molecular complexity index is 1770. The van der Waals surface area contributed by atoms with E-state index in [2.05, 4.69) is 10.3 Å². The van der Waals surface area contributed by atoms with Crippen molar-refractivity contribution >= 4 is 34.4 Å². The molecule has 7 rings (SSSR count). The number of rotatable bonds is 5. The first-order valence-electron chi connectivity index (χ1n) is 13.2. The van der Waals surface area contributed by atoms with Crippen molar-refractivity contribution in [1.82, 2.24) is 15.2 Å². The minimum Gasteiger partial charge on any atom is -0.467 e. The Morgan fingerprint density at radius 3 is 2.55 bits per heavy atom. The molecule has 1 fully saturated rings. The molecule has 2 aliphatic heterocycles. The summed E-state index contributed by atoms with van der Waals surface area (Å²) in [6.45, 7) is 2.20. The molecule has 8 heteroatoms. The Kier molecular flexibility index (Phi) is 5.55. The van der Waals surface area contributed by atoms with Crippen molar-refractivity contribution in [2.24, 2.45) is 0 Å². The lowest BCUT2D eigenvalue weighted by atomic mass is 9.88. The lowest BCUT2D eigenvalue weighted by Gasteiger charge is -2.36. The second-order valence-electron chi connectivity index (χ2n) is 10.2. The van der Waals surface area contributed by atoms with Crippen LogP contribution in [0.15, 0.2) is 95.6 Å². The number of aryl methyl sites for hydroxylation is 1. The van der Waals surface area contributed by atoms with E-state index in [4.69, 9.17) is 4.42 Å². The van der Waals surface area contributed by atoms with E-state index in [-0.39, 0.29) is 23.7 Å². The smallest absolute Gasteiger partial charge is 0.332 e. The zero-order valence-electron chi connectivity index (χ0n) is 21.8. The van der Waals surface area contributed by atoms with Crippen molar-refractivity contribution in [3.63, 3.8) is 0 Å². The van der Waals surface area contributed by atoms with Gasteiger partial charge in [0.05, 0.1) is 24.1 Å². The number of aromatic nitrogens is 1. The quantitative estimate of drug-likeness (QED) is 0.294. The van der Waals surface area contributed by atoms with Gasteiger partial charge in [-0.05, 0) is 48.4 Å². The van der Waals surface area contributed by atoms with Gasteiger partial charge in [0.15, 0.2) is 0 Å². The van der Waals surface area contributed by atoms with Gasteiger partial charge in [-0.15, -0.1) is 0 Å². The summed E-state index contributed by atoms with van der Waals surface area (Å²) < 4.78 is 5.32. The van der Waals surface area contributed by atoms with Gasteiger partial charge in [-0.2, -0.15) is 0 Å². The summed E-state index contributed by atoms with van der Waals surface area (Å²) in [5.41, 5.74) is 5.44. The maximum atomic E-state index is 14.2. The highest BCUT2D eigenvalue weighted by molar-refractivity contribution is 6.24. The number of carbonyl (C=O) groups excluding carboxylic acids is 3. The maximum Gasteiger partial charge on any atom is 0.332 e. The molecule has 2 N–H and O–H groups in total. The molecule has 0 bridgehead atoms. The van der Waals surface area contributed by atoms with E-state index in [1.807, 2.05) is 55.5 Å². The minimum atomic E-state index is -0.704. The average Bonchev–Trinajstić information content (AvgIpc) is 3.69. The van der Waals surface area contributed by atoms with E-state index in [9.17, 15) is 14.4 Å². The van der Waals surface area contributed by atoms with Gasteiger partial charge in [-0.25, -0.2) is 9.69 Å². The lowest BCUT2D eigenvalue weighted by molar-refractivity contribution is -0.120. The summed E-state index contributed by atoms with van der Waals surface area (Å²) in [5.74, 6) is -0.140. The van der Waals surface area contributed by atoms with Crippen molar-refractivity contribution in [3.8, 4) is 0 Å². The molecule has 198 valence electrons. The van der Waals surface area contributed by atoms with Gasteiger partial charge in [0, 0.05) is 23.0 Å². The predicted molar refractivity (Wildman–Crippen MR) is 150 cm³/mol. The molecule has 4 amide bonds. The molecule has 40 heavy (non-hydrogen) atoms. The number of hydrogen-bond donors (Lipinski definition) is 2. The average molecular weight is 531 g/mol. The highest BCUT2D eigenvalue weighted by Crippen LogP contribution is 2.45. The third-order valence-electron chi connectivity index (χ3n) is 7.84. The second kappa shape index (κ2) is 9.27. The number of imide groups is 1. The Balaban J connectivity index is 1.30. The number of anilines is 1. The number of hydrogen-bond acceptors (Lipinski definition) is 4. The van der Waals surface area contributed by atoms with Gasteiger partial charge in [0.1, 0.15) is 17.8 Å². The van der Waals surface area contributed by atoms with E-state index >= 15 is 0 Å². The van der Waals surface area contributed by atoms with E-state index in [1.165, 1.54) is 11.2 Å². The van der Waals surface area contributed by atoms with Crippen molar-refractivity contribution in [3.05, 3.63) is 125 Å². The van der Waals surface area contributed by atoms with Crippen molar-refractivity contribution < 1.29 is 18.8 Å². The number of aromatic amines is 1. The molecule has 2 aliphatic rings. The number of furan rings is 1. The van der Waals surface area contributed by atoms with Gasteiger partial charge < -0.3 is 14.7 Å². The minimum absolute atomic E-state index is 0.189. The van der Waals surface area contributed by atoms with Crippen LogP contribution in [0.25, 0.3) is 10.9 Å². The zero-order chi connectivity index (χ0) is 27.4. The molecule has 1 saturated heterocycles. The lowest BCUT2D eigenvalue weighted by Crippen LogP contribution is -2.44. The summed E-state index contributed by atoms with van der Waals surface area (Å²) >= 11 is 0. The van der Waals surface area contributed by atoms with Crippen LogP contribution in [-0.4, -0.2) is 33.8 Å². The van der Waals surface area contributed by atoms with Crippen molar-refractivity contribution in [2.75, 3.05) is 4.90 Å². The molecular formula is C32H26N4O4. The third-order valence-corrected chi connectivity index (χ3v) is 7.84. The largest absolute Gasteiger partial charge is 0.467 e. The molecule has 2 aromatic heterocycles. The standard InChI is InChI=1S/C32H26N4O4/c1-19-12-14-20(15-13-19)29-28-24(22-8-2-4-10-25(22)34-28)17-27-31(38)36(32(39)35(27)29)26-11-5-3-9-23(26)30(37)33-18-21-7-6-16-40-21/h2-16,27,29,34H,17-18H2,1H3,(H,33,37)/t27-,29+/m0/s1. The molecule has 5 aromatic rings. The van der Waals surface area contributed by atoms with E-state index < -0.39 is 24.0 Å². The van der Waals surface area contributed by atoms with Gasteiger partial charge in [-0.3, -0.25) is 14.5 Å². The van der Waals surface area contributed by atoms with Crippen LogP contribution in [0.1, 0.15) is 44.5 Å². The Morgan fingerprint density at radius 2 is 1.75 bits per heavy atom. The van der Waals surface area contributed by atoms with E-state index in [1.54, 1.807) is 41.3 Å². The summed E-state index contributed by atoms with van der Waals surface area (Å²) in [5, 5.41) is 3.87. The zero-order valence-corrected chi connectivity index (χ0v) is 21.8. The number of nitrogens with zero attached hydrogens (tertiary/aromatic N) is 2. The van der Waals surface area contributed by atoms with Crippen LogP contribution in [0.5, 0.6) is 0 Å². The summed E-state index contributed by atoms with van der Waals surface area (Å²) in [7, 11) is 0. The molecule has 0 spiro atoms. The molecular weight excluding hydrogens is 504 g/mol. The fourth-order valence-corrected chi connectivity index (χ4v) is 5.93. The van der Waals surface area contributed by atoms with Gasteiger partial charge in [0.25, 0.3) is 11.8 Å². The molecule has 0 unspecified atom stereocenters. The Morgan fingerprint density at radius 1 is 0.975 bits per heavy atom. The Labute approximate surface area is 230 Å². The number of fused-ring (bicyclic) bond motifs is 4. The van der Waals surface area contributed by atoms with Gasteiger partial charge >= 0.3 is 6.03 Å². The number of carbonyl (C=O) groups is 3. The van der Waals surface area contributed by atoms with Crippen LogP contribution >= 0.6 is 0 Å². The van der Waals surface area contributed by atoms with Crippen LogP contribution in [0.3, 0.4) is 0 Å². The van der Waals surface area contributed by atoms with Crippen LogP contribution in [-0.2, 0) is 17.8 Å². The summed E-state index contributed by atoms with van der Waals surface area (Å²) in [6, 6.07) is 24.6. The normalized spacial score (nSPS) is 18.2. The van der Waals surface area contributed by atoms with Crippen LogP contribution in [0, 0.1) is 6.92 Å². The summed E-state index contributed by atoms with van der Waals surface area (Å²) in [4.78, 5) is 47.9. The number of amides is 4. The molecule has 0 aliphatic carbocycles. The molecule has 0 radical (unpaired) electrons. The van der Waals surface area contributed by atoms with Crippen molar-refractivity contribution in [1.29, 1.82) is 0 Å². The number of nitrogens with one attached hydrogen (secondary N) is 2. The van der Waals surface area contributed by atoms with Gasteiger partial charge in [0.2, 0.25) is 0 Å². The second-order valence-corrected chi connectivity index (χ2v) is 10.2. The third kappa shape index (κ3) is 3.71. The predicted octanol–water partition coefficient (Wildman–Crippen LogP) is 5.48. The van der Waals surface area contributed by atoms with Crippen LogP contribution < -0.4 is 10.2 Å². The highest BCUT2D eigenvalue weighted by Gasteiger charge is 2.53. The van der Waals surface area contributed by atoms with Gasteiger partial charge in [-0.1, -0.05) is 60.2 Å². The molecule has 3 aromatic carbocycles.